The summed E-state index contributed by atoms with van der Waals surface area (Å²) in [6.07, 6.45) is 1.31. The van der Waals surface area contributed by atoms with Crippen LogP contribution < -0.4 is 10.6 Å². The lowest BCUT2D eigenvalue weighted by molar-refractivity contribution is 0.102. The molecule has 0 aliphatic rings. The minimum atomic E-state index is -0.433. The van der Waals surface area contributed by atoms with Gasteiger partial charge in [0.1, 0.15) is 23.7 Å². The SMILES string of the molecule is Cc1cccc(Nc2cc(C(=O)Nc3cccc(F)c3)ncn2)c1C. The van der Waals surface area contributed by atoms with Crippen LogP contribution in [0.1, 0.15) is 21.6 Å². The van der Waals surface area contributed by atoms with E-state index >= 15 is 0 Å². The third kappa shape index (κ3) is 3.98. The van der Waals surface area contributed by atoms with Crippen LogP contribution in [0.5, 0.6) is 0 Å². The number of nitrogens with one attached hydrogen (secondary N) is 2. The Balaban J connectivity index is 1.79. The highest BCUT2D eigenvalue weighted by atomic mass is 19.1. The van der Waals surface area contributed by atoms with Crippen molar-refractivity contribution in [1.82, 2.24) is 9.97 Å². The summed E-state index contributed by atoms with van der Waals surface area (Å²) in [5, 5.41) is 5.80. The van der Waals surface area contributed by atoms with Crippen molar-refractivity contribution in [3.63, 3.8) is 0 Å². The Labute approximate surface area is 145 Å². The molecule has 25 heavy (non-hydrogen) atoms. The van der Waals surface area contributed by atoms with Crippen molar-refractivity contribution in [3.05, 3.63) is 77.5 Å². The molecule has 0 saturated carbocycles. The second-order valence-electron chi connectivity index (χ2n) is 5.63. The van der Waals surface area contributed by atoms with Gasteiger partial charge in [-0.05, 0) is 49.2 Å². The number of benzene rings is 2. The van der Waals surface area contributed by atoms with Gasteiger partial charge in [0.05, 0.1) is 0 Å². The van der Waals surface area contributed by atoms with Crippen molar-refractivity contribution in [1.29, 1.82) is 0 Å². The van der Waals surface area contributed by atoms with Gasteiger partial charge < -0.3 is 10.6 Å². The molecule has 1 aromatic heterocycles. The van der Waals surface area contributed by atoms with Crippen LogP contribution in [0.4, 0.5) is 21.6 Å². The molecule has 2 aromatic carbocycles. The second-order valence-corrected chi connectivity index (χ2v) is 5.63. The fourth-order valence-corrected chi connectivity index (χ4v) is 2.34. The molecule has 3 rings (SSSR count). The summed E-state index contributed by atoms with van der Waals surface area (Å²) < 4.78 is 13.2. The van der Waals surface area contributed by atoms with Crippen molar-refractivity contribution in [2.75, 3.05) is 10.6 Å². The normalized spacial score (nSPS) is 10.4. The third-order valence-electron chi connectivity index (χ3n) is 3.85. The van der Waals surface area contributed by atoms with Crippen molar-refractivity contribution in [3.8, 4) is 0 Å². The van der Waals surface area contributed by atoms with Crippen LogP contribution in [-0.4, -0.2) is 15.9 Å². The molecule has 0 atom stereocenters. The van der Waals surface area contributed by atoms with Gasteiger partial charge in [-0.1, -0.05) is 18.2 Å². The lowest BCUT2D eigenvalue weighted by Gasteiger charge is -2.11. The highest BCUT2D eigenvalue weighted by Crippen LogP contribution is 2.22. The number of anilines is 3. The maximum Gasteiger partial charge on any atom is 0.274 e. The smallest absolute Gasteiger partial charge is 0.274 e. The van der Waals surface area contributed by atoms with Gasteiger partial charge in [-0.15, -0.1) is 0 Å². The first-order valence-electron chi connectivity index (χ1n) is 7.75. The number of halogens is 1. The monoisotopic (exact) mass is 336 g/mol. The number of hydrogen-bond acceptors (Lipinski definition) is 4. The lowest BCUT2D eigenvalue weighted by Crippen LogP contribution is -2.14. The highest BCUT2D eigenvalue weighted by Gasteiger charge is 2.10. The Morgan fingerprint density at radius 1 is 1.04 bits per heavy atom. The molecule has 0 radical (unpaired) electrons. The second kappa shape index (κ2) is 7.09. The van der Waals surface area contributed by atoms with E-state index in [0.717, 1.165) is 16.8 Å². The van der Waals surface area contributed by atoms with E-state index < -0.39 is 11.7 Å². The zero-order valence-electron chi connectivity index (χ0n) is 13.9. The van der Waals surface area contributed by atoms with Gasteiger partial charge in [-0.2, -0.15) is 0 Å². The standard InChI is InChI=1S/C19H17FN4O/c1-12-5-3-8-16(13(12)2)24-18-10-17(21-11-22-18)19(25)23-15-7-4-6-14(20)9-15/h3-11H,1-2H3,(H,23,25)(H,21,22,24). The topological polar surface area (TPSA) is 66.9 Å². The maximum absolute atomic E-state index is 13.2. The predicted octanol–water partition coefficient (Wildman–Crippen LogP) is 4.23. The molecule has 3 aromatic rings. The Hall–Kier alpha value is -3.28. The van der Waals surface area contributed by atoms with Gasteiger partial charge in [0.25, 0.3) is 5.91 Å². The molecular formula is C19H17FN4O. The minimum absolute atomic E-state index is 0.187. The van der Waals surface area contributed by atoms with E-state index in [2.05, 4.69) is 20.6 Å². The molecule has 6 heteroatoms. The van der Waals surface area contributed by atoms with E-state index in [1.807, 2.05) is 32.0 Å². The van der Waals surface area contributed by atoms with E-state index in [-0.39, 0.29) is 5.69 Å². The number of rotatable bonds is 4. The number of aromatic nitrogens is 2. The molecule has 0 aliphatic heterocycles. The van der Waals surface area contributed by atoms with E-state index in [9.17, 15) is 9.18 Å². The van der Waals surface area contributed by atoms with Crippen LogP contribution in [0.15, 0.2) is 54.9 Å². The number of hydrogen-bond donors (Lipinski definition) is 2. The van der Waals surface area contributed by atoms with Crippen LogP contribution in [0.25, 0.3) is 0 Å². The van der Waals surface area contributed by atoms with Gasteiger partial charge >= 0.3 is 0 Å². The van der Waals surface area contributed by atoms with Crippen LogP contribution in [0.3, 0.4) is 0 Å². The molecule has 0 bridgehead atoms. The van der Waals surface area contributed by atoms with Gasteiger partial charge in [-0.25, -0.2) is 14.4 Å². The molecule has 2 N–H and O–H groups in total. The fourth-order valence-electron chi connectivity index (χ4n) is 2.34. The Bertz CT molecular complexity index is 927. The van der Waals surface area contributed by atoms with E-state index in [4.69, 9.17) is 0 Å². The van der Waals surface area contributed by atoms with Crippen molar-refractivity contribution in [2.24, 2.45) is 0 Å². The summed E-state index contributed by atoms with van der Waals surface area (Å²) in [5.41, 5.74) is 3.73. The Morgan fingerprint density at radius 3 is 2.64 bits per heavy atom. The van der Waals surface area contributed by atoms with Crippen LogP contribution in [-0.2, 0) is 0 Å². The predicted molar refractivity (Wildman–Crippen MR) is 95.6 cm³/mol. The van der Waals surface area contributed by atoms with Gasteiger partial charge in [0, 0.05) is 17.4 Å². The molecule has 0 unspecified atom stereocenters. The molecule has 1 heterocycles. The summed E-state index contributed by atoms with van der Waals surface area (Å²) in [6, 6.07) is 13.2. The average molecular weight is 336 g/mol. The lowest BCUT2D eigenvalue weighted by atomic mass is 10.1. The molecule has 0 spiro atoms. The highest BCUT2D eigenvalue weighted by molar-refractivity contribution is 6.03. The Morgan fingerprint density at radius 2 is 1.84 bits per heavy atom. The van der Waals surface area contributed by atoms with Crippen molar-refractivity contribution >= 4 is 23.1 Å². The summed E-state index contributed by atoms with van der Waals surface area (Å²) in [5.74, 6) is -0.345. The van der Waals surface area contributed by atoms with Gasteiger partial charge in [-0.3, -0.25) is 4.79 Å². The summed E-state index contributed by atoms with van der Waals surface area (Å²) in [4.78, 5) is 20.4. The summed E-state index contributed by atoms with van der Waals surface area (Å²) in [6.45, 7) is 4.04. The first kappa shape index (κ1) is 16.6. The summed E-state index contributed by atoms with van der Waals surface area (Å²) >= 11 is 0. The largest absolute Gasteiger partial charge is 0.340 e. The third-order valence-corrected chi connectivity index (χ3v) is 3.85. The van der Waals surface area contributed by atoms with Gasteiger partial charge in [0.15, 0.2) is 0 Å². The number of carbonyl (C=O) groups is 1. The Kier molecular flexibility index (Phi) is 4.70. The quantitative estimate of drug-likeness (QED) is 0.748. The molecule has 0 aliphatic carbocycles. The van der Waals surface area contributed by atoms with E-state index in [1.54, 1.807) is 12.1 Å². The zero-order valence-corrected chi connectivity index (χ0v) is 13.9. The van der Waals surface area contributed by atoms with E-state index in [1.165, 1.54) is 24.5 Å². The minimum Gasteiger partial charge on any atom is -0.340 e. The molecule has 0 fully saturated rings. The summed E-state index contributed by atoms with van der Waals surface area (Å²) in [7, 11) is 0. The first-order chi connectivity index (χ1) is 12.0. The number of nitrogens with zero attached hydrogens (tertiary/aromatic N) is 2. The maximum atomic E-state index is 13.2. The van der Waals surface area contributed by atoms with E-state index in [0.29, 0.717) is 11.5 Å². The fraction of sp³-hybridized carbons (Fsp3) is 0.105. The van der Waals surface area contributed by atoms with Crippen LogP contribution in [0.2, 0.25) is 0 Å². The zero-order chi connectivity index (χ0) is 17.8. The van der Waals surface area contributed by atoms with Gasteiger partial charge in [0.2, 0.25) is 0 Å². The molecular weight excluding hydrogens is 319 g/mol. The molecule has 5 nitrogen and oxygen atoms in total. The molecule has 126 valence electrons. The van der Waals surface area contributed by atoms with Crippen molar-refractivity contribution < 1.29 is 9.18 Å². The van der Waals surface area contributed by atoms with Crippen LogP contribution in [0, 0.1) is 19.7 Å². The first-order valence-corrected chi connectivity index (χ1v) is 7.75. The number of amides is 1. The average Bonchev–Trinajstić information content (AvgIpc) is 2.59. The molecule has 0 saturated heterocycles. The van der Waals surface area contributed by atoms with Crippen molar-refractivity contribution in [2.45, 2.75) is 13.8 Å². The number of carbonyl (C=O) groups excluding carboxylic acids is 1. The number of aryl methyl sites for hydroxylation is 1. The van der Waals surface area contributed by atoms with Crippen LogP contribution >= 0.6 is 0 Å². The molecule has 1 amide bonds.